The van der Waals surface area contributed by atoms with Crippen LogP contribution in [-0.4, -0.2) is 63.5 Å². The van der Waals surface area contributed by atoms with E-state index in [9.17, 15) is 27.6 Å². The Kier molecular flexibility index (Phi) is 9.49. The quantitative estimate of drug-likeness (QED) is 0.212. The third-order valence-corrected chi connectivity index (χ3v) is 7.91. The molecule has 1 aliphatic rings. The van der Waals surface area contributed by atoms with Crippen LogP contribution in [0.3, 0.4) is 0 Å². The summed E-state index contributed by atoms with van der Waals surface area (Å²) in [6, 6.07) is 13.7. The zero-order valence-corrected chi connectivity index (χ0v) is 27.9. The van der Waals surface area contributed by atoms with Crippen LogP contribution in [0.2, 0.25) is 0 Å². The van der Waals surface area contributed by atoms with Crippen molar-refractivity contribution < 1.29 is 36.7 Å². The summed E-state index contributed by atoms with van der Waals surface area (Å²) in [5.74, 6) is -0.248. The minimum absolute atomic E-state index is 0.135. The van der Waals surface area contributed by atoms with E-state index in [1.54, 1.807) is 73.0 Å². The number of benzene rings is 2. The third kappa shape index (κ3) is 8.40. The zero-order valence-electron chi connectivity index (χ0n) is 27.9. The molecule has 2 aromatic carbocycles. The number of nitrogen functional groups attached to an aromatic ring is 1. The summed E-state index contributed by atoms with van der Waals surface area (Å²) >= 11 is 0. The van der Waals surface area contributed by atoms with Gasteiger partial charge in [-0.1, -0.05) is 12.1 Å². The van der Waals surface area contributed by atoms with E-state index in [2.05, 4.69) is 10.3 Å². The fraction of sp³-hybridized carbons (Fsp3) is 0.333. The molecule has 49 heavy (non-hydrogen) atoms. The number of furan rings is 1. The number of carbonyl (C=O) groups is 3. The van der Waals surface area contributed by atoms with Gasteiger partial charge in [-0.05, 0) is 99.8 Å². The molecule has 0 saturated carbocycles. The minimum Gasteiger partial charge on any atom is -0.459 e. The number of alkyl halides is 3. The average molecular weight is 678 g/mol. The third-order valence-electron chi connectivity index (χ3n) is 7.91. The lowest BCUT2D eigenvalue weighted by Gasteiger charge is -2.47. The van der Waals surface area contributed by atoms with E-state index >= 15 is 0 Å². The second-order valence-electron chi connectivity index (χ2n) is 13.5. The van der Waals surface area contributed by atoms with Gasteiger partial charge >= 0.3 is 12.3 Å². The Morgan fingerprint density at radius 1 is 1.02 bits per heavy atom. The molecular weight excluding hydrogens is 639 g/mol. The fourth-order valence-electron chi connectivity index (χ4n) is 5.57. The summed E-state index contributed by atoms with van der Waals surface area (Å²) in [5.41, 5.74) is 4.68. The molecule has 1 aliphatic heterocycles. The molecule has 3 heterocycles. The van der Waals surface area contributed by atoms with E-state index in [0.29, 0.717) is 29.1 Å². The molecule has 0 radical (unpaired) electrons. The number of nitrogens with two attached hydrogens (primary N) is 1. The Morgan fingerprint density at radius 2 is 1.73 bits per heavy atom. The smallest absolute Gasteiger partial charge is 0.420 e. The molecular formula is C36H38F3N5O5. The molecule has 5 rings (SSSR count). The Balaban J connectivity index is 1.31. The van der Waals surface area contributed by atoms with Gasteiger partial charge < -0.3 is 30.0 Å². The predicted molar refractivity (Wildman–Crippen MR) is 179 cm³/mol. The van der Waals surface area contributed by atoms with Crippen LogP contribution in [0.15, 0.2) is 71.3 Å². The maximum Gasteiger partial charge on any atom is 0.420 e. The summed E-state index contributed by atoms with van der Waals surface area (Å²) in [4.78, 5) is 45.7. The van der Waals surface area contributed by atoms with Gasteiger partial charge in [-0.25, -0.2) is 9.78 Å². The van der Waals surface area contributed by atoms with E-state index in [0.717, 1.165) is 6.07 Å². The SMILES string of the molecule is CC(C)(C)OC(=O)N1CCN(C(=O)c2ccc(-c3cc(C(F)(F)F)c4oc(CNC(=O)/C=C/c5ccc(N)nc5)cc4c3)cc2)C(C)(C)C1. The number of fused-ring (bicyclic) bond motifs is 1. The van der Waals surface area contributed by atoms with Crippen molar-refractivity contribution in [2.75, 3.05) is 25.4 Å². The van der Waals surface area contributed by atoms with E-state index in [-0.39, 0.29) is 47.8 Å². The van der Waals surface area contributed by atoms with Crippen LogP contribution in [0, 0.1) is 0 Å². The van der Waals surface area contributed by atoms with Gasteiger partial charge in [-0.15, -0.1) is 0 Å². The summed E-state index contributed by atoms with van der Waals surface area (Å²) in [6.07, 6.45) is -0.860. The van der Waals surface area contributed by atoms with Crippen LogP contribution < -0.4 is 11.1 Å². The lowest BCUT2D eigenvalue weighted by atomic mass is 9.96. The van der Waals surface area contributed by atoms with Crippen LogP contribution in [0.25, 0.3) is 28.2 Å². The molecule has 3 N–H and O–H groups in total. The molecule has 0 bridgehead atoms. The number of ether oxygens (including phenoxy) is 1. The number of pyridine rings is 1. The van der Waals surface area contributed by atoms with Crippen molar-refractivity contribution in [3.05, 3.63) is 89.3 Å². The van der Waals surface area contributed by atoms with E-state index < -0.39 is 34.9 Å². The van der Waals surface area contributed by atoms with Crippen molar-refractivity contribution in [2.24, 2.45) is 0 Å². The summed E-state index contributed by atoms with van der Waals surface area (Å²) in [5, 5.41) is 2.82. The molecule has 258 valence electrons. The molecule has 13 heteroatoms. The van der Waals surface area contributed by atoms with Crippen molar-refractivity contribution in [3.63, 3.8) is 0 Å². The zero-order chi connectivity index (χ0) is 35.7. The second-order valence-corrected chi connectivity index (χ2v) is 13.5. The van der Waals surface area contributed by atoms with E-state index in [1.165, 1.54) is 24.4 Å². The first kappa shape index (κ1) is 35.0. The van der Waals surface area contributed by atoms with Crippen LogP contribution in [0.4, 0.5) is 23.8 Å². The Bertz CT molecular complexity index is 1890. The number of rotatable bonds is 6. The predicted octanol–water partition coefficient (Wildman–Crippen LogP) is 6.90. The average Bonchev–Trinajstić information content (AvgIpc) is 3.44. The molecule has 1 fully saturated rings. The van der Waals surface area contributed by atoms with Crippen molar-refractivity contribution in [2.45, 2.75) is 58.5 Å². The number of amides is 3. The topological polar surface area (TPSA) is 131 Å². The fourth-order valence-corrected chi connectivity index (χ4v) is 5.57. The van der Waals surface area contributed by atoms with Gasteiger partial charge in [0.1, 0.15) is 22.8 Å². The summed E-state index contributed by atoms with van der Waals surface area (Å²) in [6.45, 7) is 9.84. The number of anilines is 1. The Hall–Kier alpha value is -5.33. The standard InChI is InChI=1S/C36H38F3N5O5/c1-34(2,3)49-33(47)43-14-15-44(35(4,5)21-43)32(46)24-10-8-23(9-11-24)25-16-26-17-27(48-31(26)28(18-25)36(37,38)39)20-42-30(45)13-7-22-6-12-29(40)41-19-22/h6-13,16-19H,14-15,20-21H2,1-5H3,(H2,40,41)(H,42,45)/b13-7+. The molecule has 1 saturated heterocycles. The lowest BCUT2D eigenvalue weighted by Crippen LogP contribution is -2.62. The Labute approximate surface area is 281 Å². The second kappa shape index (κ2) is 13.3. The number of halogens is 3. The number of nitrogens with one attached hydrogen (secondary N) is 1. The first-order valence-electron chi connectivity index (χ1n) is 15.6. The van der Waals surface area contributed by atoms with Gasteiger partial charge in [0.15, 0.2) is 0 Å². The number of piperazine rings is 1. The van der Waals surface area contributed by atoms with Crippen molar-refractivity contribution in [1.29, 1.82) is 0 Å². The molecule has 3 amide bonds. The van der Waals surface area contributed by atoms with Gasteiger partial charge in [0, 0.05) is 42.9 Å². The highest BCUT2D eigenvalue weighted by Gasteiger charge is 2.40. The minimum atomic E-state index is -4.72. The van der Waals surface area contributed by atoms with Gasteiger partial charge in [-0.3, -0.25) is 9.59 Å². The van der Waals surface area contributed by atoms with Crippen LogP contribution in [0.1, 0.15) is 61.9 Å². The first-order chi connectivity index (χ1) is 22.9. The normalized spacial score (nSPS) is 15.1. The maximum absolute atomic E-state index is 14.2. The molecule has 0 atom stereocenters. The van der Waals surface area contributed by atoms with Crippen molar-refractivity contribution in [3.8, 4) is 11.1 Å². The highest BCUT2D eigenvalue weighted by molar-refractivity contribution is 5.96. The van der Waals surface area contributed by atoms with Crippen LogP contribution in [-0.2, 0) is 22.3 Å². The van der Waals surface area contributed by atoms with Crippen LogP contribution in [0.5, 0.6) is 0 Å². The number of carbonyl (C=O) groups excluding carboxylic acids is 3. The molecule has 4 aromatic rings. The van der Waals surface area contributed by atoms with Crippen molar-refractivity contribution >= 4 is 40.8 Å². The molecule has 2 aromatic heterocycles. The number of hydrogen-bond acceptors (Lipinski definition) is 7. The number of aromatic nitrogens is 1. The summed E-state index contributed by atoms with van der Waals surface area (Å²) in [7, 11) is 0. The van der Waals surface area contributed by atoms with Crippen LogP contribution >= 0.6 is 0 Å². The number of hydrogen-bond donors (Lipinski definition) is 2. The maximum atomic E-state index is 14.2. The molecule has 0 unspecified atom stereocenters. The first-order valence-corrected chi connectivity index (χ1v) is 15.6. The number of nitrogens with zero attached hydrogens (tertiary/aromatic N) is 3. The van der Waals surface area contributed by atoms with Gasteiger partial charge in [0.05, 0.1) is 17.6 Å². The monoisotopic (exact) mass is 677 g/mol. The van der Waals surface area contributed by atoms with Gasteiger partial charge in [0.2, 0.25) is 5.91 Å². The van der Waals surface area contributed by atoms with E-state index in [1.807, 2.05) is 13.8 Å². The van der Waals surface area contributed by atoms with E-state index in [4.69, 9.17) is 14.9 Å². The molecule has 10 nitrogen and oxygen atoms in total. The summed E-state index contributed by atoms with van der Waals surface area (Å²) < 4.78 is 53.6. The Morgan fingerprint density at radius 3 is 2.35 bits per heavy atom. The lowest BCUT2D eigenvalue weighted by molar-refractivity contribution is -0.136. The van der Waals surface area contributed by atoms with Gasteiger partial charge in [0.25, 0.3) is 5.91 Å². The molecule has 0 spiro atoms. The molecule has 0 aliphatic carbocycles. The van der Waals surface area contributed by atoms with Gasteiger partial charge in [-0.2, -0.15) is 13.2 Å². The highest BCUT2D eigenvalue weighted by atomic mass is 19.4. The largest absolute Gasteiger partial charge is 0.459 e. The van der Waals surface area contributed by atoms with Crippen molar-refractivity contribution in [1.82, 2.24) is 20.1 Å². The highest BCUT2D eigenvalue weighted by Crippen LogP contribution is 2.39.